The molecular formula is C31H32F4N6O5. The summed E-state index contributed by atoms with van der Waals surface area (Å²) >= 11 is 0. The van der Waals surface area contributed by atoms with Gasteiger partial charge in [-0.2, -0.15) is 13.5 Å². The molecule has 1 N–H and O–H groups in total. The second kappa shape index (κ2) is 14.0. The van der Waals surface area contributed by atoms with E-state index < -0.39 is 41.0 Å². The normalized spacial score (nSPS) is 13.7. The van der Waals surface area contributed by atoms with Crippen molar-refractivity contribution in [3.05, 3.63) is 82.1 Å². The topological polar surface area (TPSA) is 103 Å². The summed E-state index contributed by atoms with van der Waals surface area (Å²) in [6.45, 7) is 1.29. The number of ether oxygens (including phenoxy) is 3. The van der Waals surface area contributed by atoms with Crippen molar-refractivity contribution in [1.29, 1.82) is 0 Å². The maximum atomic E-state index is 15.4. The summed E-state index contributed by atoms with van der Waals surface area (Å²) in [5.41, 5.74) is -2.12. The summed E-state index contributed by atoms with van der Waals surface area (Å²) in [6, 6.07) is 11.7. The van der Waals surface area contributed by atoms with Crippen LogP contribution >= 0.6 is 0 Å². The fraction of sp³-hybridized carbons (Fsp3) is 0.323. The molecule has 1 aliphatic heterocycles. The number of nitrogens with zero attached hydrogens (tertiary/aromatic N) is 5. The highest BCUT2D eigenvalue weighted by Gasteiger charge is 2.28. The van der Waals surface area contributed by atoms with Crippen molar-refractivity contribution in [2.45, 2.75) is 6.61 Å². The van der Waals surface area contributed by atoms with Gasteiger partial charge in [-0.3, -0.25) is 19.2 Å². The molecule has 4 aromatic rings. The van der Waals surface area contributed by atoms with Crippen LogP contribution in [0.25, 0.3) is 17.1 Å². The number of amides is 1. The molecule has 46 heavy (non-hydrogen) atoms. The van der Waals surface area contributed by atoms with Gasteiger partial charge in [-0.25, -0.2) is 13.8 Å². The minimum Gasteiger partial charge on any atom is -0.497 e. The van der Waals surface area contributed by atoms with Crippen LogP contribution in [0.2, 0.25) is 0 Å². The van der Waals surface area contributed by atoms with Crippen molar-refractivity contribution in [3.8, 4) is 28.6 Å². The number of anilines is 2. The molecule has 0 bridgehead atoms. The Morgan fingerprint density at radius 2 is 1.61 bits per heavy atom. The number of carbonyl (C=O) groups excluding carboxylic acids is 1. The number of benzene rings is 2. The van der Waals surface area contributed by atoms with Gasteiger partial charge in [-0.15, -0.1) is 0 Å². The van der Waals surface area contributed by atoms with Crippen LogP contribution in [0.15, 0.2) is 59.4 Å². The number of nitrogens with one attached hydrogen (secondary N) is 1. The zero-order chi connectivity index (χ0) is 33.0. The fourth-order valence-corrected chi connectivity index (χ4v) is 5.26. The van der Waals surface area contributed by atoms with Crippen LogP contribution < -0.4 is 25.2 Å². The van der Waals surface area contributed by atoms with Gasteiger partial charge < -0.3 is 24.4 Å². The molecule has 0 atom stereocenters. The maximum absolute atomic E-state index is 15.4. The molecule has 0 spiro atoms. The predicted octanol–water partition coefficient (Wildman–Crippen LogP) is 4.15. The zero-order valence-electron chi connectivity index (χ0n) is 25.3. The highest BCUT2D eigenvalue weighted by atomic mass is 19.3. The highest BCUT2D eigenvalue weighted by molar-refractivity contribution is 6.06. The number of hydrogen-bond donors (Lipinski definition) is 1. The molecule has 15 heteroatoms. The van der Waals surface area contributed by atoms with Crippen LogP contribution in [0, 0.1) is 11.6 Å². The lowest BCUT2D eigenvalue weighted by atomic mass is 10.1. The molecule has 3 heterocycles. The number of carbonyl (C=O) groups is 1. The summed E-state index contributed by atoms with van der Waals surface area (Å²) in [7, 11) is 4.32. The van der Waals surface area contributed by atoms with Crippen molar-refractivity contribution >= 4 is 17.4 Å². The molecule has 1 saturated heterocycles. The molecule has 0 unspecified atom stereocenters. The molecule has 2 aromatic carbocycles. The molecule has 0 aliphatic carbocycles. The lowest BCUT2D eigenvalue weighted by Gasteiger charge is -2.35. The van der Waals surface area contributed by atoms with Crippen molar-refractivity contribution in [2.24, 2.45) is 7.05 Å². The zero-order valence-corrected chi connectivity index (χ0v) is 25.3. The first-order chi connectivity index (χ1) is 22.1. The third kappa shape index (κ3) is 6.84. The molecule has 11 nitrogen and oxygen atoms in total. The SMILES string of the molecule is COCCN1CCN(c2cccc(-n3c(=O)c(NC(=O)c4ccc(OC(F)F)cc4)c(-c4c(F)cc(OC)cc4F)n3C)n2)CC1. The first-order valence-corrected chi connectivity index (χ1v) is 14.3. The van der Waals surface area contributed by atoms with Gasteiger partial charge in [0.1, 0.15) is 40.3 Å². The molecule has 0 radical (unpaired) electrons. The first kappa shape index (κ1) is 32.5. The molecule has 1 fully saturated rings. The van der Waals surface area contributed by atoms with Crippen LogP contribution in [0.1, 0.15) is 10.4 Å². The lowest BCUT2D eigenvalue weighted by Crippen LogP contribution is -2.47. The van der Waals surface area contributed by atoms with Crippen LogP contribution in [0.3, 0.4) is 0 Å². The average Bonchev–Trinajstić information content (AvgIpc) is 3.28. The standard InChI is InChI=1S/C31H32F4N6O5/c1-38-28(26-22(32)17-21(45-3)18-23(26)33)27(37-29(42)19-7-9-20(10-8-19)46-31(34)35)30(43)41(38)25-6-4-5-24(36-25)40-13-11-39(12-14-40)15-16-44-2/h4-10,17-18,31H,11-16H2,1-3H3,(H,37,42). The van der Waals surface area contributed by atoms with Gasteiger partial charge in [0.2, 0.25) is 0 Å². The van der Waals surface area contributed by atoms with Crippen LogP contribution in [0.4, 0.5) is 29.1 Å². The fourth-order valence-electron chi connectivity index (χ4n) is 5.26. The van der Waals surface area contributed by atoms with E-state index in [0.717, 1.165) is 48.6 Å². The van der Waals surface area contributed by atoms with Crippen molar-refractivity contribution in [1.82, 2.24) is 19.2 Å². The third-order valence-corrected chi connectivity index (χ3v) is 7.58. The number of rotatable bonds is 11. The summed E-state index contributed by atoms with van der Waals surface area (Å²) < 4.78 is 72.8. The Morgan fingerprint density at radius 1 is 0.957 bits per heavy atom. The van der Waals surface area contributed by atoms with Gasteiger partial charge in [0.05, 0.1) is 19.3 Å². The van der Waals surface area contributed by atoms with E-state index in [1.54, 1.807) is 25.3 Å². The van der Waals surface area contributed by atoms with Crippen LogP contribution in [-0.2, 0) is 11.8 Å². The van der Waals surface area contributed by atoms with E-state index in [0.29, 0.717) is 25.5 Å². The Bertz CT molecular complexity index is 1730. The monoisotopic (exact) mass is 644 g/mol. The van der Waals surface area contributed by atoms with E-state index in [4.69, 9.17) is 14.5 Å². The summed E-state index contributed by atoms with van der Waals surface area (Å²) in [4.78, 5) is 36.3. The summed E-state index contributed by atoms with van der Waals surface area (Å²) in [5.74, 6) is -2.44. The molecule has 244 valence electrons. The number of hydrogen-bond acceptors (Lipinski definition) is 8. The second-order valence-corrected chi connectivity index (χ2v) is 10.4. The second-order valence-electron chi connectivity index (χ2n) is 10.4. The Kier molecular flexibility index (Phi) is 9.92. The Balaban J connectivity index is 1.55. The summed E-state index contributed by atoms with van der Waals surface area (Å²) in [6.07, 6.45) is 0. The van der Waals surface area contributed by atoms with Gasteiger partial charge in [0.25, 0.3) is 11.5 Å². The molecule has 1 aliphatic rings. The van der Waals surface area contributed by atoms with Gasteiger partial charge in [0.15, 0.2) is 5.82 Å². The third-order valence-electron chi connectivity index (χ3n) is 7.58. The van der Waals surface area contributed by atoms with Crippen molar-refractivity contribution in [3.63, 3.8) is 0 Å². The van der Waals surface area contributed by atoms with E-state index in [-0.39, 0.29) is 28.6 Å². The van der Waals surface area contributed by atoms with Gasteiger partial charge >= 0.3 is 6.61 Å². The molecular weight excluding hydrogens is 612 g/mol. The number of halogens is 4. The number of methoxy groups -OCH3 is 2. The van der Waals surface area contributed by atoms with E-state index in [2.05, 4.69) is 19.9 Å². The maximum Gasteiger partial charge on any atom is 0.387 e. The molecule has 1 amide bonds. The number of aromatic nitrogens is 3. The number of alkyl halides is 2. The molecule has 0 saturated carbocycles. The highest BCUT2D eigenvalue weighted by Crippen LogP contribution is 2.34. The van der Waals surface area contributed by atoms with E-state index >= 15 is 8.78 Å². The van der Waals surface area contributed by atoms with Gasteiger partial charge in [0, 0.05) is 64.6 Å². The number of pyridine rings is 1. The summed E-state index contributed by atoms with van der Waals surface area (Å²) in [5, 5.41) is 2.47. The quantitative estimate of drug-likeness (QED) is 0.243. The Morgan fingerprint density at radius 3 is 2.22 bits per heavy atom. The van der Waals surface area contributed by atoms with E-state index in [1.807, 2.05) is 0 Å². The largest absolute Gasteiger partial charge is 0.497 e. The predicted molar refractivity (Wildman–Crippen MR) is 162 cm³/mol. The minimum atomic E-state index is -3.06. The van der Waals surface area contributed by atoms with Crippen LogP contribution in [0.5, 0.6) is 11.5 Å². The van der Waals surface area contributed by atoms with Crippen molar-refractivity contribution < 1.29 is 36.6 Å². The van der Waals surface area contributed by atoms with Gasteiger partial charge in [-0.1, -0.05) is 6.07 Å². The smallest absolute Gasteiger partial charge is 0.387 e. The van der Waals surface area contributed by atoms with Crippen molar-refractivity contribution in [2.75, 3.05) is 63.8 Å². The Labute approximate surface area is 261 Å². The lowest BCUT2D eigenvalue weighted by molar-refractivity contribution is -0.0498. The van der Waals surface area contributed by atoms with Gasteiger partial charge in [-0.05, 0) is 36.4 Å². The molecule has 2 aromatic heterocycles. The van der Waals surface area contributed by atoms with E-state index in [1.165, 1.54) is 31.0 Å². The Hall–Kier alpha value is -4.89. The average molecular weight is 645 g/mol. The van der Waals surface area contributed by atoms with Crippen LogP contribution in [-0.4, -0.2) is 85.3 Å². The van der Waals surface area contributed by atoms with E-state index in [9.17, 15) is 18.4 Å². The molecule has 5 rings (SSSR count). The number of piperazine rings is 1. The minimum absolute atomic E-state index is 0.0252. The first-order valence-electron chi connectivity index (χ1n) is 14.3.